The van der Waals surface area contributed by atoms with Crippen LogP contribution in [0.15, 0.2) is 24.3 Å². The Bertz CT molecular complexity index is 456. The van der Waals surface area contributed by atoms with Crippen LogP contribution in [0.5, 0.6) is 5.75 Å². The quantitative estimate of drug-likeness (QED) is 0.707. The van der Waals surface area contributed by atoms with Gasteiger partial charge in [0, 0.05) is 25.6 Å². The van der Waals surface area contributed by atoms with Crippen molar-refractivity contribution < 1.29 is 14.2 Å². The van der Waals surface area contributed by atoms with Gasteiger partial charge < -0.3 is 24.4 Å². The molecule has 128 valence electrons. The molecule has 2 atom stereocenters. The third-order valence-corrected chi connectivity index (χ3v) is 4.56. The molecule has 1 N–H and O–H groups in total. The van der Waals surface area contributed by atoms with E-state index in [1.807, 2.05) is 19.2 Å². The number of nitrogens with one attached hydrogen (secondary N) is 1. The van der Waals surface area contributed by atoms with Crippen molar-refractivity contribution in [3.05, 3.63) is 29.8 Å². The summed E-state index contributed by atoms with van der Waals surface area (Å²) in [5.41, 5.74) is 1.31. The summed E-state index contributed by atoms with van der Waals surface area (Å²) in [5, 5.41) is 3.40. The standard InChI is InChI=1S/C18H28N2O3/c1-19-17(14-20-9-3-10-20)15-5-7-16(8-6-15)21-12-13-23-18-4-2-11-22-18/h5-8,17-19H,2-4,9-14H2,1H3/t17-,18?/m1/s1. The van der Waals surface area contributed by atoms with Gasteiger partial charge in [0.15, 0.2) is 6.29 Å². The van der Waals surface area contributed by atoms with Crippen LogP contribution in [-0.2, 0) is 9.47 Å². The summed E-state index contributed by atoms with van der Waals surface area (Å²) in [4.78, 5) is 2.48. The average molecular weight is 320 g/mol. The molecular formula is C18H28N2O3. The molecule has 0 amide bonds. The Balaban J connectivity index is 1.40. The SMILES string of the molecule is CN[C@H](CN1CCC1)c1ccc(OCCOC2CCCO2)cc1. The lowest BCUT2D eigenvalue weighted by molar-refractivity contribution is -0.115. The molecule has 0 radical (unpaired) electrons. The summed E-state index contributed by atoms with van der Waals surface area (Å²) in [6, 6.07) is 8.77. The Hall–Kier alpha value is -1.14. The van der Waals surface area contributed by atoms with Gasteiger partial charge in [0.1, 0.15) is 12.4 Å². The highest BCUT2D eigenvalue weighted by Crippen LogP contribution is 2.20. The highest BCUT2D eigenvalue weighted by molar-refractivity contribution is 5.29. The second-order valence-corrected chi connectivity index (χ2v) is 6.23. The fourth-order valence-corrected chi connectivity index (χ4v) is 3.00. The lowest BCUT2D eigenvalue weighted by atomic mass is 10.0. The van der Waals surface area contributed by atoms with Crippen molar-refractivity contribution in [2.24, 2.45) is 0 Å². The van der Waals surface area contributed by atoms with E-state index in [9.17, 15) is 0 Å². The first-order valence-corrected chi connectivity index (χ1v) is 8.71. The number of nitrogens with zero attached hydrogens (tertiary/aromatic N) is 1. The van der Waals surface area contributed by atoms with Gasteiger partial charge in [-0.3, -0.25) is 0 Å². The van der Waals surface area contributed by atoms with E-state index >= 15 is 0 Å². The molecule has 5 nitrogen and oxygen atoms in total. The van der Waals surface area contributed by atoms with Gasteiger partial charge in [0.05, 0.1) is 6.61 Å². The molecule has 0 spiro atoms. The maximum Gasteiger partial charge on any atom is 0.157 e. The average Bonchev–Trinajstić information content (AvgIpc) is 3.05. The van der Waals surface area contributed by atoms with Crippen LogP contribution in [0.1, 0.15) is 30.9 Å². The molecular weight excluding hydrogens is 292 g/mol. The molecule has 0 aliphatic carbocycles. The van der Waals surface area contributed by atoms with Crippen molar-refractivity contribution in [2.75, 3.05) is 46.5 Å². The number of likely N-dealkylation sites (N-methyl/N-ethyl adjacent to an activating group) is 1. The molecule has 1 unspecified atom stereocenters. The summed E-state index contributed by atoms with van der Waals surface area (Å²) in [6.45, 7) is 5.47. The van der Waals surface area contributed by atoms with Crippen LogP contribution in [-0.4, -0.2) is 57.7 Å². The van der Waals surface area contributed by atoms with Crippen LogP contribution in [0.2, 0.25) is 0 Å². The lowest BCUT2D eigenvalue weighted by Crippen LogP contribution is -2.42. The summed E-state index contributed by atoms with van der Waals surface area (Å²) in [7, 11) is 2.03. The largest absolute Gasteiger partial charge is 0.491 e. The smallest absolute Gasteiger partial charge is 0.157 e. The zero-order valence-electron chi connectivity index (χ0n) is 14.0. The number of hydrogen-bond acceptors (Lipinski definition) is 5. The molecule has 2 saturated heterocycles. The van der Waals surface area contributed by atoms with Crippen molar-refractivity contribution >= 4 is 0 Å². The van der Waals surface area contributed by atoms with E-state index in [1.165, 1.54) is 25.1 Å². The minimum Gasteiger partial charge on any atom is -0.491 e. The molecule has 23 heavy (non-hydrogen) atoms. The number of benzene rings is 1. The molecule has 3 rings (SSSR count). The summed E-state index contributed by atoms with van der Waals surface area (Å²) >= 11 is 0. The molecule has 0 bridgehead atoms. The first kappa shape index (κ1) is 16.7. The Labute approximate surface area is 138 Å². The van der Waals surface area contributed by atoms with E-state index < -0.39 is 0 Å². The molecule has 2 aliphatic rings. The Morgan fingerprint density at radius 1 is 1.22 bits per heavy atom. The van der Waals surface area contributed by atoms with E-state index in [0.717, 1.165) is 31.7 Å². The third kappa shape index (κ3) is 4.91. The normalized spacial score (nSPS) is 22.7. The van der Waals surface area contributed by atoms with E-state index in [1.54, 1.807) is 0 Å². The van der Waals surface area contributed by atoms with Gasteiger partial charge in [-0.05, 0) is 50.7 Å². The number of likely N-dealkylation sites (tertiary alicyclic amines) is 1. The van der Waals surface area contributed by atoms with Gasteiger partial charge >= 0.3 is 0 Å². The van der Waals surface area contributed by atoms with Crippen molar-refractivity contribution in [3.8, 4) is 5.75 Å². The molecule has 1 aromatic rings. The summed E-state index contributed by atoms with van der Waals surface area (Å²) < 4.78 is 16.8. The molecule has 2 aliphatic heterocycles. The summed E-state index contributed by atoms with van der Waals surface area (Å²) in [6.07, 6.45) is 3.39. The predicted octanol–water partition coefficient (Wildman–Crippen LogP) is 2.18. The first-order chi connectivity index (χ1) is 11.3. The van der Waals surface area contributed by atoms with Crippen LogP contribution >= 0.6 is 0 Å². The molecule has 0 aromatic heterocycles. The van der Waals surface area contributed by atoms with Gasteiger partial charge in [-0.25, -0.2) is 0 Å². The number of rotatable bonds is 9. The maximum absolute atomic E-state index is 5.74. The van der Waals surface area contributed by atoms with E-state index in [2.05, 4.69) is 22.3 Å². The van der Waals surface area contributed by atoms with Gasteiger partial charge in [-0.2, -0.15) is 0 Å². The van der Waals surface area contributed by atoms with Gasteiger partial charge in [0.2, 0.25) is 0 Å². The topological polar surface area (TPSA) is 43.0 Å². The molecule has 2 fully saturated rings. The number of ether oxygens (including phenoxy) is 3. The van der Waals surface area contributed by atoms with Crippen LogP contribution < -0.4 is 10.1 Å². The summed E-state index contributed by atoms with van der Waals surface area (Å²) in [5.74, 6) is 0.892. The molecule has 2 heterocycles. The fourth-order valence-electron chi connectivity index (χ4n) is 3.00. The molecule has 5 heteroatoms. The minimum atomic E-state index is -0.0288. The van der Waals surface area contributed by atoms with Gasteiger partial charge in [0.25, 0.3) is 0 Å². The molecule has 0 saturated carbocycles. The highest BCUT2D eigenvalue weighted by Gasteiger charge is 2.19. The van der Waals surface area contributed by atoms with E-state index in [-0.39, 0.29) is 6.29 Å². The molecule has 1 aromatic carbocycles. The minimum absolute atomic E-state index is 0.0288. The zero-order valence-corrected chi connectivity index (χ0v) is 14.0. The predicted molar refractivity (Wildman–Crippen MR) is 89.7 cm³/mol. The fraction of sp³-hybridized carbons (Fsp3) is 0.667. The lowest BCUT2D eigenvalue weighted by Gasteiger charge is -2.34. The van der Waals surface area contributed by atoms with Crippen LogP contribution in [0.3, 0.4) is 0 Å². The van der Waals surface area contributed by atoms with Gasteiger partial charge in [-0.1, -0.05) is 12.1 Å². The highest BCUT2D eigenvalue weighted by atomic mass is 16.7. The van der Waals surface area contributed by atoms with Crippen LogP contribution in [0.4, 0.5) is 0 Å². The van der Waals surface area contributed by atoms with Crippen molar-refractivity contribution in [2.45, 2.75) is 31.6 Å². The van der Waals surface area contributed by atoms with Crippen LogP contribution in [0, 0.1) is 0 Å². The second kappa shape index (κ2) is 8.64. The first-order valence-electron chi connectivity index (χ1n) is 8.71. The monoisotopic (exact) mass is 320 g/mol. The van der Waals surface area contributed by atoms with E-state index in [0.29, 0.717) is 19.3 Å². The second-order valence-electron chi connectivity index (χ2n) is 6.23. The van der Waals surface area contributed by atoms with Crippen molar-refractivity contribution in [1.82, 2.24) is 10.2 Å². The maximum atomic E-state index is 5.74. The van der Waals surface area contributed by atoms with Crippen molar-refractivity contribution in [3.63, 3.8) is 0 Å². The third-order valence-electron chi connectivity index (χ3n) is 4.56. The van der Waals surface area contributed by atoms with E-state index in [4.69, 9.17) is 14.2 Å². The van der Waals surface area contributed by atoms with Crippen LogP contribution in [0.25, 0.3) is 0 Å². The van der Waals surface area contributed by atoms with Gasteiger partial charge in [-0.15, -0.1) is 0 Å². The van der Waals surface area contributed by atoms with Crippen molar-refractivity contribution in [1.29, 1.82) is 0 Å². The zero-order chi connectivity index (χ0) is 15.9. The number of hydrogen-bond donors (Lipinski definition) is 1. The Morgan fingerprint density at radius 3 is 2.65 bits per heavy atom. The Morgan fingerprint density at radius 2 is 2.04 bits per heavy atom. The Kier molecular flexibility index (Phi) is 6.28.